The quantitative estimate of drug-likeness (QED) is 0.522. The molecule has 1 heterocycles. The number of carboxylic acid groups (broad SMARTS) is 1. The van der Waals surface area contributed by atoms with E-state index in [0.717, 1.165) is 25.0 Å². The third-order valence-electron chi connectivity index (χ3n) is 6.77. The number of nitrogens with one attached hydrogen (secondary N) is 1. The lowest BCUT2D eigenvalue weighted by molar-refractivity contribution is -0.145. The van der Waals surface area contributed by atoms with E-state index in [0.29, 0.717) is 29.9 Å². The highest BCUT2D eigenvalue weighted by Gasteiger charge is 2.36. The molecule has 2 N–H and O–H groups in total. The second kappa shape index (κ2) is 10.3. The van der Waals surface area contributed by atoms with Crippen LogP contribution in [0.5, 0.6) is 0 Å². The Balaban J connectivity index is 1.78. The summed E-state index contributed by atoms with van der Waals surface area (Å²) in [4.78, 5) is 11.2. The molecule has 7 heteroatoms. The second-order valence-corrected chi connectivity index (χ2v) is 9.48. The molecule has 0 spiro atoms. The van der Waals surface area contributed by atoms with Gasteiger partial charge in [-0.25, -0.2) is 0 Å². The molecule has 1 aliphatic carbocycles. The van der Waals surface area contributed by atoms with Gasteiger partial charge in [0.2, 0.25) is 0 Å². The van der Waals surface area contributed by atoms with Crippen molar-refractivity contribution in [2.75, 3.05) is 0 Å². The van der Waals surface area contributed by atoms with Gasteiger partial charge in [-0.05, 0) is 48.8 Å². The molecule has 174 valence electrons. The number of halogens is 3. The summed E-state index contributed by atoms with van der Waals surface area (Å²) in [6, 6.07) is 5.32. The molecule has 0 bridgehead atoms. The maximum Gasteiger partial charge on any atom is 0.416 e. The predicted octanol–water partition coefficient (Wildman–Crippen LogP) is 5.96. The molecule has 2 fully saturated rings. The van der Waals surface area contributed by atoms with E-state index in [1.54, 1.807) is 0 Å². The normalized spacial score (nSPS) is 26.3. The topological polar surface area (TPSA) is 58.6 Å². The van der Waals surface area contributed by atoms with Crippen LogP contribution in [0.2, 0.25) is 0 Å². The number of hydrogen-bond donors (Lipinski definition) is 2. The van der Waals surface area contributed by atoms with E-state index in [-0.39, 0.29) is 12.5 Å². The van der Waals surface area contributed by atoms with Crippen molar-refractivity contribution in [1.29, 1.82) is 0 Å². The summed E-state index contributed by atoms with van der Waals surface area (Å²) in [5.74, 6) is 0.211. The third-order valence-corrected chi connectivity index (χ3v) is 6.77. The lowest BCUT2D eigenvalue weighted by Gasteiger charge is -2.40. The molecule has 4 atom stereocenters. The van der Waals surface area contributed by atoms with Crippen molar-refractivity contribution in [2.24, 2.45) is 11.8 Å². The van der Waals surface area contributed by atoms with Crippen molar-refractivity contribution in [2.45, 2.75) is 95.7 Å². The highest BCUT2D eigenvalue weighted by molar-refractivity contribution is 5.67. The molecule has 2 aliphatic rings. The van der Waals surface area contributed by atoms with E-state index in [2.05, 4.69) is 19.2 Å². The Bertz CT molecular complexity index is 714. The summed E-state index contributed by atoms with van der Waals surface area (Å²) >= 11 is 0. The zero-order valence-corrected chi connectivity index (χ0v) is 18.3. The van der Waals surface area contributed by atoms with Crippen LogP contribution in [0, 0.1) is 11.8 Å². The van der Waals surface area contributed by atoms with Crippen LogP contribution in [0.1, 0.15) is 82.4 Å². The van der Waals surface area contributed by atoms with Gasteiger partial charge in [0.1, 0.15) is 0 Å². The molecule has 1 unspecified atom stereocenters. The number of aliphatic carboxylic acids is 1. The van der Waals surface area contributed by atoms with Gasteiger partial charge in [-0.1, -0.05) is 51.7 Å². The number of rotatable bonds is 8. The Morgan fingerprint density at radius 2 is 1.77 bits per heavy atom. The first-order chi connectivity index (χ1) is 14.6. The van der Waals surface area contributed by atoms with Gasteiger partial charge >= 0.3 is 12.1 Å². The summed E-state index contributed by atoms with van der Waals surface area (Å²) in [6.45, 7) is 4.38. The molecular weight excluding hydrogens is 407 g/mol. The molecule has 0 amide bonds. The van der Waals surface area contributed by atoms with Crippen molar-refractivity contribution in [3.05, 3.63) is 35.4 Å². The Hall–Kier alpha value is -1.60. The molecule has 4 nitrogen and oxygen atoms in total. The van der Waals surface area contributed by atoms with E-state index in [9.17, 15) is 23.1 Å². The zero-order valence-electron chi connectivity index (χ0n) is 18.3. The fourth-order valence-electron chi connectivity index (χ4n) is 4.99. The van der Waals surface area contributed by atoms with Gasteiger partial charge < -0.3 is 15.2 Å². The lowest BCUT2D eigenvalue weighted by atomic mass is 9.87. The van der Waals surface area contributed by atoms with Crippen LogP contribution in [0.15, 0.2) is 24.3 Å². The molecule has 1 saturated heterocycles. The van der Waals surface area contributed by atoms with E-state index in [1.807, 2.05) is 0 Å². The van der Waals surface area contributed by atoms with E-state index < -0.39 is 29.9 Å². The highest BCUT2D eigenvalue weighted by atomic mass is 19.4. The van der Waals surface area contributed by atoms with Crippen LogP contribution in [0.4, 0.5) is 13.2 Å². The number of hydrogen-bond acceptors (Lipinski definition) is 3. The maximum absolute atomic E-state index is 13.0. The average molecular weight is 442 g/mol. The van der Waals surface area contributed by atoms with Crippen LogP contribution in [0.3, 0.4) is 0 Å². The molecule has 1 saturated carbocycles. The molecule has 1 aromatic carbocycles. The molecular formula is C24H34F3NO3. The first kappa shape index (κ1) is 24.1. The largest absolute Gasteiger partial charge is 0.481 e. The Morgan fingerprint density at radius 3 is 2.32 bits per heavy atom. The van der Waals surface area contributed by atoms with Gasteiger partial charge in [0.05, 0.1) is 24.2 Å². The monoisotopic (exact) mass is 441 g/mol. The number of benzene rings is 1. The molecule has 1 aliphatic heterocycles. The average Bonchev–Trinajstić information content (AvgIpc) is 3.20. The third kappa shape index (κ3) is 6.69. The van der Waals surface area contributed by atoms with Gasteiger partial charge in [0.15, 0.2) is 0 Å². The maximum atomic E-state index is 13.0. The molecule has 0 aromatic heterocycles. The van der Waals surface area contributed by atoms with E-state index >= 15 is 0 Å². The Labute approximate surface area is 182 Å². The fraction of sp³-hybridized carbons (Fsp3) is 0.708. The minimum Gasteiger partial charge on any atom is -0.481 e. The fourth-order valence-corrected chi connectivity index (χ4v) is 4.99. The molecule has 31 heavy (non-hydrogen) atoms. The Kier molecular flexibility index (Phi) is 8.03. The second-order valence-electron chi connectivity index (χ2n) is 9.48. The molecule has 3 rings (SSSR count). The SMILES string of the molecule is CC(C)C(CC1CCCC1)N[C@@H]1CC[C@@H](CC(=O)O)O[C@H]1c1ccc(C(F)(F)F)cc1. The van der Waals surface area contributed by atoms with Crippen LogP contribution in [-0.4, -0.2) is 29.3 Å². The molecule has 0 radical (unpaired) electrons. The number of carbonyl (C=O) groups is 1. The summed E-state index contributed by atoms with van der Waals surface area (Å²) < 4.78 is 45.1. The summed E-state index contributed by atoms with van der Waals surface area (Å²) in [5, 5.41) is 12.9. The van der Waals surface area contributed by atoms with E-state index in [1.165, 1.54) is 37.8 Å². The minimum atomic E-state index is -4.39. The first-order valence-electron chi connectivity index (χ1n) is 11.4. The van der Waals surface area contributed by atoms with Crippen molar-refractivity contribution in [3.63, 3.8) is 0 Å². The standard InChI is InChI=1S/C24H34F3NO3/c1-15(2)21(13-16-5-3-4-6-16)28-20-12-11-19(14-22(29)30)31-23(20)17-7-9-18(10-8-17)24(25,26)27/h7-10,15-16,19-21,23,28H,3-6,11-14H2,1-2H3,(H,29,30)/t19-,20+,21?,23-/m0/s1. The summed E-state index contributed by atoms with van der Waals surface area (Å²) in [7, 11) is 0. The van der Waals surface area contributed by atoms with Gasteiger partial charge in [-0.15, -0.1) is 0 Å². The number of carboxylic acids is 1. The van der Waals surface area contributed by atoms with Gasteiger partial charge in [0.25, 0.3) is 0 Å². The predicted molar refractivity (Wildman–Crippen MR) is 113 cm³/mol. The Morgan fingerprint density at radius 1 is 1.13 bits per heavy atom. The van der Waals surface area contributed by atoms with Crippen LogP contribution in [0.25, 0.3) is 0 Å². The minimum absolute atomic E-state index is 0.0596. The molecule has 1 aromatic rings. The van der Waals surface area contributed by atoms with Crippen LogP contribution in [-0.2, 0) is 15.7 Å². The van der Waals surface area contributed by atoms with Crippen molar-refractivity contribution in [1.82, 2.24) is 5.32 Å². The lowest BCUT2D eigenvalue weighted by Crippen LogP contribution is -2.49. The number of alkyl halides is 3. The highest BCUT2D eigenvalue weighted by Crippen LogP contribution is 2.37. The summed E-state index contributed by atoms with van der Waals surface area (Å²) in [5.41, 5.74) is -0.0380. The summed E-state index contributed by atoms with van der Waals surface area (Å²) in [6.07, 6.45) is 2.14. The smallest absolute Gasteiger partial charge is 0.416 e. The number of ether oxygens (including phenoxy) is 1. The zero-order chi connectivity index (χ0) is 22.6. The van der Waals surface area contributed by atoms with Gasteiger partial charge in [-0.3, -0.25) is 4.79 Å². The first-order valence-corrected chi connectivity index (χ1v) is 11.4. The van der Waals surface area contributed by atoms with Crippen molar-refractivity contribution >= 4 is 5.97 Å². The van der Waals surface area contributed by atoms with Crippen molar-refractivity contribution < 1.29 is 27.8 Å². The van der Waals surface area contributed by atoms with E-state index in [4.69, 9.17) is 4.74 Å². The van der Waals surface area contributed by atoms with Gasteiger partial charge in [0, 0.05) is 12.1 Å². The van der Waals surface area contributed by atoms with Crippen LogP contribution >= 0.6 is 0 Å². The van der Waals surface area contributed by atoms with Crippen LogP contribution < -0.4 is 5.32 Å². The van der Waals surface area contributed by atoms with Crippen molar-refractivity contribution in [3.8, 4) is 0 Å². The van der Waals surface area contributed by atoms with Gasteiger partial charge in [-0.2, -0.15) is 13.2 Å².